The average molecular weight is 303 g/mol. The van der Waals surface area contributed by atoms with Crippen LogP contribution >= 0.6 is 11.6 Å². The van der Waals surface area contributed by atoms with Gasteiger partial charge in [0.25, 0.3) is 0 Å². The Morgan fingerprint density at radius 2 is 1.95 bits per heavy atom. The Morgan fingerprint density at radius 1 is 1.24 bits per heavy atom. The van der Waals surface area contributed by atoms with Crippen molar-refractivity contribution in [2.45, 2.75) is 44.6 Å². The lowest BCUT2D eigenvalue weighted by atomic mass is 9.96. The van der Waals surface area contributed by atoms with Crippen LogP contribution in [-0.4, -0.2) is 20.7 Å². The van der Waals surface area contributed by atoms with Crippen LogP contribution in [0.3, 0.4) is 0 Å². The molecule has 1 heterocycles. The van der Waals surface area contributed by atoms with E-state index in [1.165, 1.54) is 0 Å². The third kappa shape index (κ3) is 3.42. The van der Waals surface area contributed by atoms with Crippen LogP contribution in [0.15, 0.2) is 30.5 Å². The summed E-state index contributed by atoms with van der Waals surface area (Å²) >= 11 is 6.30. The fourth-order valence-electron chi connectivity index (χ4n) is 2.42. The molecular formula is C17H19ClN2O. The third-order valence-corrected chi connectivity index (χ3v) is 3.92. The molecule has 4 heteroatoms. The molecule has 0 spiro atoms. The largest absolute Gasteiger partial charge is 0.390 e. The molecule has 110 valence electrons. The van der Waals surface area contributed by atoms with Crippen LogP contribution in [0.2, 0.25) is 5.02 Å². The first-order valence-corrected chi connectivity index (χ1v) is 7.65. The van der Waals surface area contributed by atoms with E-state index in [9.17, 15) is 5.11 Å². The van der Waals surface area contributed by atoms with E-state index in [1.807, 2.05) is 30.5 Å². The molecule has 0 saturated heterocycles. The molecule has 0 amide bonds. The molecule has 1 aliphatic rings. The van der Waals surface area contributed by atoms with E-state index in [1.54, 1.807) is 13.8 Å². The summed E-state index contributed by atoms with van der Waals surface area (Å²) in [5.74, 6) is 1.39. The number of hydrogen-bond donors (Lipinski definition) is 1. The van der Waals surface area contributed by atoms with Gasteiger partial charge in [-0.2, -0.15) is 0 Å². The fourth-order valence-corrected chi connectivity index (χ4v) is 2.66. The second-order valence-corrected chi connectivity index (χ2v) is 6.74. The number of halogens is 1. The zero-order chi connectivity index (χ0) is 15.0. The van der Waals surface area contributed by atoms with Gasteiger partial charge in [0, 0.05) is 34.7 Å². The van der Waals surface area contributed by atoms with Crippen molar-refractivity contribution in [3.63, 3.8) is 0 Å². The van der Waals surface area contributed by atoms with Crippen LogP contribution in [0, 0.1) is 0 Å². The summed E-state index contributed by atoms with van der Waals surface area (Å²) in [6.45, 7) is 3.59. The summed E-state index contributed by atoms with van der Waals surface area (Å²) in [6.07, 6.45) is 4.65. The first kappa shape index (κ1) is 14.5. The van der Waals surface area contributed by atoms with Gasteiger partial charge in [-0.15, -0.1) is 0 Å². The second kappa shape index (κ2) is 5.39. The van der Waals surface area contributed by atoms with E-state index in [-0.39, 0.29) is 0 Å². The molecule has 2 aromatic rings. The van der Waals surface area contributed by atoms with E-state index < -0.39 is 5.60 Å². The molecule has 1 N–H and O–H groups in total. The number of hydrogen-bond acceptors (Lipinski definition) is 3. The Morgan fingerprint density at radius 3 is 2.57 bits per heavy atom. The van der Waals surface area contributed by atoms with Gasteiger partial charge < -0.3 is 5.11 Å². The highest BCUT2D eigenvalue weighted by Gasteiger charge is 2.28. The minimum absolute atomic E-state index is 0.482. The molecule has 0 atom stereocenters. The van der Waals surface area contributed by atoms with Crippen molar-refractivity contribution in [1.29, 1.82) is 0 Å². The molecule has 1 aromatic carbocycles. The number of benzene rings is 1. The van der Waals surface area contributed by atoms with E-state index >= 15 is 0 Å². The Kier molecular flexibility index (Phi) is 3.72. The Hall–Kier alpha value is -1.45. The summed E-state index contributed by atoms with van der Waals surface area (Å²) in [5.41, 5.74) is 1.88. The van der Waals surface area contributed by atoms with Crippen molar-refractivity contribution in [1.82, 2.24) is 9.97 Å². The van der Waals surface area contributed by atoms with E-state index in [0.29, 0.717) is 17.4 Å². The van der Waals surface area contributed by atoms with Gasteiger partial charge in [0.05, 0.1) is 11.3 Å². The number of aromatic nitrogens is 2. The van der Waals surface area contributed by atoms with Gasteiger partial charge >= 0.3 is 0 Å². The highest BCUT2D eigenvalue weighted by Crippen LogP contribution is 2.39. The topological polar surface area (TPSA) is 46.0 Å². The fraction of sp³-hybridized carbons (Fsp3) is 0.412. The number of nitrogens with zero attached hydrogens (tertiary/aromatic N) is 2. The SMILES string of the molecule is CC(C)(O)Cc1nc(C2CC2)ncc1-c1ccccc1Cl. The van der Waals surface area contributed by atoms with Gasteiger partial charge in [0.2, 0.25) is 0 Å². The summed E-state index contributed by atoms with van der Waals surface area (Å²) in [7, 11) is 0. The molecule has 0 radical (unpaired) electrons. The van der Waals surface area contributed by atoms with Crippen LogP contribution in [0.5, 0.6) is 0 Å². The predicted octanol–water partition coefficient (Wildman–Crippen LogP) is 3.99. The average Bonchev–Trinajstić information content (AvgIpc) is 3.22. The minimum atomic E-state index is -0.814. The lowest BCUT2D eigenvalue weighted by Gasteiger charge is -2.19. The van der Waals surface area contributed by atoms with E-state index in [0.717, 1.165) is 35.5 Å². The van der Waals surface area contributed by atoms with Crippen LogP contribution in [-0.2, 0) is 6.42 Å². The quantitative estimate of drug-likeness (QED) is 0.929. The highest BCUT2D eigenvalue weighted by atomic mass is 35.5. The number of rotatable bonds is 4. The van der Waals surface area contributed by atoms with Crippen LogP contribution in [0.1, 0.15) is 44.1 Å². The summed E-state index contributed by atoms with van der Waals surface area (Å²) < 4.78 is 0. The summed E-state index contributed by atoms with van der Waals surface area (Å²) in [6, 6.07) is 7.68. The van der Waals surface area contributed by atoms with Crippen LogP contribution in [0.4, 0.5) is 0 Å². The van der Waals surface area contributed by atoms with E-state index in [2.05, 4.69) is 4.98 Å². The smallest absolute Gasteiger partial charge is 0.131 e. The second-order valence-electron chi connectivity index (χ2n) is 6.33. The van der Waals surface area contributed by atoms with Crippen molar-refractivity contribution in [3.05, 3.63) is 47.0 Å². The van der Waals surface area contributed by atoms with Crippen molar-refractivity contribution >= 4 is 11.6 Å². The van der Waals surface area contributed by atoms with E-state index in [4.69, 9.17) is 16.6 Å². The maximum atomic E-state index is 10.2. The Balaban J connectivity index is 2.08. The van der Waals surface area contributed by atoms with Gasteiger partial charge in [-0.05, 0) is 32.8 Å². The minimum Gasteiger partial charge on any atom is -0.390 e. The lowest BCUT2D eigenvalue weighted by Crippen LogP contribution is -2.23. The molecule has 21 heavy (non-hydrogen) atoms. The normalized spacial score (nSPS) is 15.2. The van der Waals surface area contributed by atoms with Gasteiger partial charge in [-0.25, -0.2) is 9.97 Å². The molecule has 3 nitrogen and oxygen atoms in total. The molecule has 1 fully saturated rings. The molecule has 1 aliphatic carbocycles. The first-order chi connectivity index (χ1) is 9.94. The molecule has 0 bridgehead atoms. The van der Waals surface area contributed by atoms with Gasteiger partial charge in [-0.3, -0.25) is 0 Å². The first-order valence-electron chi connectivity index (χ1n) is 7.27. The maximum Gasteiger partial charge on any atom is 0.131 e. The van der Waals surface area contributed by atoms with Gasteiger partial charge in [-0.1, -0.05) is 29.8 Å². The zero-order valence-corrected chi connectivity index (χ0v) is 13.1. The van der Waals surface area contributed by atoms with Crippen molar-refractivity contribution in [3.8, 4) is 11.1 Å². The Bertz CT molecular complexity index is 660. The monoisotopic (exact) mass is 302 g/mol. The lowest BCUT2D eigenvalue weighted by molar-refractivity contribution is 0.0800. The zero-order valence-electron chi connectivity index (χ0n) is 12.3. The summed E-state index contributed by atoms with van der Waals surface area (Å²) in [4.78, 5) is 9.21. The van der Waals surface area contributed by atoms with Crippen LogP contribution in [0.25, 0.3) is 11.1 Å². The highest BCUT2D eigenvalue weighted by molar-refractivity contribution is 6.33. The number of aliphatic hydroxyl groups is 1. The predicted molar refractivity (Wildman–Crippen MR) is 84.5 cm³/mol. The summed E-state index contributed by atoms with van der Waals surface area (Å²) in [5, 5.41) is 10.8. The molecule has 0 unspecified atom stereocenters. The van der Waals surface area contributed by atoms with Crippen molar-refractivity contribution < 1.29 is 5.11 Å². The molecule has 0 aliphatic heterocycles. The maximum absolute atomic E-state index is 10.2. The van der Waals surface area contributed by atoms with Crippen molar-refractivity contribution in [2.75, 3.05) is 0 Å². The van der Waals surface area contributed by atoms with Gasteiger partial charge in [0.1, 0.15) is 5.82 Å². The molecule has 3 rings (SSSR count). The Labute approximate surface area is 130 Å². The molecule has 1 aromatic heterocycles. The van der Waals surface area contributed by atoms with Gasteiger partial charge in [0.15, 0.2) is 0 Å². The van der Waals surface area contributed by atoms with Crippen LogP contribution < -0.4 is 0 Å². The van der Waals surface area contributed by atoms with Crippen molar-refractivity contribution in [2.24, 2.45) is 0 Å². The third-order valence-electron chi connectivity index (χ3n) is 3.59. The molecular weight excluding hydrogens is 284 g/mol. The molecule has 1 saturated carbocycles. The standard InChI is InChI=1S/C17H19ClN2O/c1-17(2,21)9-15-13(12-5-3-4-6-14(12)18)10-19-16(20-15)11-7-8-11/h3-6,10-11,21H,7-9H2,1-2H3.